The molecule has 1 heterocycles. The standard InChI is InChI=1S/C25H24ClNO4/c26-19-6-4-5-18(17-19)24(25(28)29)31-23-13-11-22(12-14-23)30-21-9-7-20(8-10-21)27-15-2-1-3-16-27/h4-14,17,24H,1-3,15-16H2,(H,28,29). The number of carboxylic acid groups (broad SMARTS) is 1. The van der Waals surface area contributed by atoms with E-state index >= 15 is 0 Å². The monoisotopic (exact) mass is 437 g/mol. The van der Waals surface area contributed by atoms with Crippen LogP contribution in [0.4, 0.5) is 5.69 Å². The van der Waals surface area contributed by atoms with Gasteiger partial charge in [0.1, 0.15) is 17.2 Å². The molecule has 0 radical (unpaired) electrons. The van der Waals surface area contributed by atoms with Crippen LogP contribution in [-0.4, -0.2) is 24.2 Å². The lowest BCUT2D eigenvalue weighted by atomic mass is 10.1. The van der Waals surface area contributed by atoms with Crippen LogP contribution in [0, 0.1) is 0 Å². The summed E-state index contributed by atoms with van der Waals surface area (Å²) in [4.78, 5) is 14.1. The zero-order valence-corrected chi connectivity index (χ0v) is 17.8. The van der Waals surface area contributed by atoms with Crippen LogP contribution in [0.15, 0.2) is 72.8 Å². The summed E-state index contributed by atoms with van der Waals surface area (Å²) in [5.41, 5.74) is 1.70. The number of carboxylic acids is 1. The second-order valence-corrected chi connectivity index (χ2v) is 7.94. The van der Waals surface area contributed by atoms with Crippen molar-refractivity contribution >= 4 is 23.3 Å². The molecular weight excluding hydrogens is 414 g/mol. The molecule has 160 valence electrons. The summed E-state index contributed by atoms with van der Waals surface area (Å²) in [6.45, 7) is 2.21. The fraction of sp³-hybridized carbons (Fsp3) is 0.240. The smallest absolute Gasteiger partial charge is 0.349 e. The molecular formula is C25H24ClNO4. The minimum atomic E-state index is -1.15. The Bertz CT molecular complexity index is 1010. The summed E-state index contributed by atoms with van der Waals surface area (Å²) < 4.78 is 11.6. The number of ether oxygens (including phenoxy) is 2. The van der Waals surface area contributed by atoms with Crippen LogP contribution in [0.5, 0.6) is 17.2 Å². The first-order chi connectivity index (χ1) is 15.1. The number of halogens is 1. The number of hydrogen-bond acceptors (Lipinski definition) is 4. The zero-order valence-electron chi connectivity index (χ0n) is 17.0. The summed E-state index contributed by atoms with van der Waals surface area (Å²) in [5.74, 6) is 0.737. The average molecular weight is 438 g/mol. The Hall–Kier alpha value is -3.18. The van der Waals surface area contributed by atoms with E-state index in [1.54, 1.807) is 48.5 Å². The molecule has 0 bridgehead atoms. The van der Waals surface area contributed by atoms with Crippen LogP contribution < -0.4 is 14.4 Å². The van der Waals surface area contributed by atoms with Crippen molar-refractivity contribution in [3.63, 3.8) is 0 Å². The second-order valence-electron chi connectivity index (χ2n) is 7.51. The lowest BCUT2D eigenvalue weighted by molar-refractivity contribution is -0.145. The molecule has 3 aromatic rings. The third-order valence-electron chi connectivity index (χ3n) is 5.25. The van der Waals surface area contributed by atoms with Crippen molar-refractivity contribution in [3.05, 3.63) is 83.4 Å². The van der Waals surface area contributed by atoms with Crippen LogP contribution in [0.3, 0.4) is 0 Å². The third-order valence-corrected chi connectivity index (χ3v) is 5.48. The number of hydrogen-bond donors (Lipinski definition) is 1. The molecule has 1 unspecified atom stereocenters. The van der Waals surface area contributed by atoms with E-state index in [0.29, 0.717) is 22.1 Å². The fourth-order valence-corrected chi connectivity index (χ4v) is 3.86. The summed E-state index contributed by atoms with van der Waals surface area (Å²) >= 11 is 5.98. The van der Waals surface area contributed by atoms with Gasteiger partial charge in [-0.3, -0.25) is 0 Å². The van der Waals surface area contributed by atoms with Gasteiger partial charge in [0, 0.05) is 29.4 Å². The van der Waals surface area contributed by atoms with Crippen LogP contribution >= 0.6 is 11.6 Å². The Balaban J connectivity index is 1.40. The highest BCUT2D eigenvalue weighted by Crippen LogP contribution is 2.29. The fourth-order valence-electron chi connectivity index (χ4n) is 3.67. The molecule has 0 spiro atoms. The van der Waals surface area contributed by atoms with Crippen LogP contribution in [0.25, 0.3) is 0 Å². The van der Waals surface area contributed by atoms with Crippen molar-refractivity contribution in [1.82, 2.24) is 0 Å². The Labute approximate surface area is 186 Å². The second kappa shape index (κ2) is 9.75. The topological polar surface area (TPSA) is 59.0 Å². The van der Waals surface area contributed by atoms with Crippen molar-refractivity contribution in [3.8, 4) is 17.2 Å². The first-order valence-corrected chi connectivity index (χ1v) is 10.7. The van der Waals surface area contributed by atoms with Crippen LogP contribution in [0.1, 0.15) is 30.9 Å². The Kier molecular flexibility index (Phi) is 6.63. The van der Waals surface area contributed by atoms with Gasteiger partial charge in [0.25, 0.3) is 0 Å². The molecule has 1 aliphatic rings. The first kappa shape index (κ1) is 21.1. The molecule has 0 aliphatic carbocycles. The molecule has 0 saturated carbocycles. The van der Waals surface area contributed by atoms with E-state index in [0.717, 1.165) is 18.8 Å². The van der Waals surface area contributed by atoms with E-state index in [9.17, 15) is 9.90 Å². The van der Waals surface area contributed by atoms with Gasteiger partial charge in [-0.1, -0.05) is 23.7 Å². The highest BCUT2D eigenvalue weighted by molar-refractivity contribution is 6.30. The molecule has 6 heteroatoms. The first-order valence-electron chi connectivity index (χ1n) is 10.4. The molecule has 1 saturated heterocycles. The van der Waals surface area contributed by atoms with Crippen LogP contribution in [0.2, 0.25) is 5.02 Å². The lowest BCUT2D eigenvalue weighted by Crippen LogP contribution is -2.29. The molecule has 1 aliphatic heterocycles. The molecule has 5 nitrogen and oxygen atoms in total. The van der Waals surface area contributed by atoms with Crippen LogP contribution in [-0.2, 0) is 4.79 Å². The maximum absolute atomic E-state index is 11.7. The molecule has 4 rings (SSSR count). The van der Waals surface area contributed by atoms with E-state index in [-0.39, 0.29) is 0 Å². The van der Waals surface area contributed by atoms with Gasteiger partial charge in [-0.15, -0.1) is 0 Å². The maximum Gasteiger partial charge on any atom is 0.349 e. The molecule has 1 atom stereocenters. The lowest BCUT2D eigenvalue weighted by Gasteiger charge is -2.28. The quantitative estimate of drug-likeness (QED) is 0.468. The van der Waals surface area contributed by atoms with Gasteiger partial charge >= 0.3 is 5.97 Å². The van der Waals surface area contributed by atoms with Gasteiger partial charge in [-0.2, -0.15) is 0 Å². The highest BCUT2D eigenvalue weighted by atomic mass is 35.5. The Morgan fingerprint density at radius 3 is 2.10 bits per heavy atom. The predicted octanol–water partition coefficient (Wildman–Crippen LogP) is 6.33. The van der Waals surface area contributed by atoms with Gasteiger partial charge in [0.2, 0.25) is 6.10 Å². The number of benzene rings is 3. The molecule has 1 fully saturated rings. The molecule has 0 aromatic heterocycles. The normalized spacial score (nSPS) is 14.7. The van der Waals surface area contributed by atoms with Gasteiger partial charge in [0.05, 0.1) is 0 Å². The van der Waals surface area contributed by atoms with E-state index in [1.165, 1.54) is 24.9 Å². The van der Waals surface area contributed by atoms with Crippen molar-refractivity contribution in [2.75, 3.05) is 18.0 Å². The van der Waals surface area contributed by atoms with E-state index in [1.807, 2.05) is 12.1 Å². The average Bonchev–Trinajstić information content (AvgIpc) is 2.79. The Morgan fingerprint density at radius 2 is 1.48 bits per heavy atom. The summed E-state index contributed by atoms with van der Waals surface area (Å²) in [6.07, 6.45) is 2.65. The molecule has 3 aromatic carbocycles. The predicted molar refractivity (Wildman–Crippen MR) is 121 cm³/mol. The minimum Gasteiger partial charge on any atom is -0.478 e. The van der Waals surface area contributed by atoms with Crippen molar-refractivity contribution in [2.45, 2.75) is 25.4 Å². The zero-order chi connectivity index (χ0) is 21.6. The minimum absolute atomic E-state index is 0.431. The van der Waals surface area contributed by atoms with E-state index in [2.05, 4.69) is 17.0 Å². The third kappa shape index (κ3) is 5.50. The Morgan fingerprint density at radius 1 is 0.871 bits per heavy atom. The SMILES string of the molecule is O=C(O)C(Oc1ccc(Oc2ccc(N3CCCCC3)cc2)cc1)c1cccc(Cl)c1. The van der Waals surface area contributed by atoms with Crippen molar-refractivity contribution < 1.29 is 19.4 Å². The summed E-state index contributed by atoms with van der Waals surface area (Å²) in [5, 5.41) is 10.0. The van der Waals surface area contributed by atoms with Gasteiger partial charge in [0.15, 0.2) is 0 Å². The molecule has 31 heavy (non-hydrogen) atoms. The van der Waals surface area contributed by atoms with E-state index < -0.39 is 12.1 Å². The van der Waals surface area contributed by atoms with Gasteiger partial charge in [-0.25, -0.2) is 4.79 Å². The summed E-state index contributed by atoms with van der Waals surface area (Å²) in [6, 6.07) is 21.6. The molecule has 0 amide bonds. The maximum atomic E-state index is 11.7. The number of anilines is 1. The number of carbonyl (C=O) groups is 1. The van der Waals surface area contributed by atoms with Gasteiger partial charge < -0.3 is 19.5 Å². The van der Waals surface area contributed by atoms with Crippen molar-refractivity contribution in [1.29, 1.82) is 0 Å². The largest absolute Gasteiger partial charge is 0.478 e. The number of piperidine rings is 1. The van der Waals surface area contributed by atoms with Crippen molar-refractivity contribution in [2.24, 2.45) is 0 Å². The summed E-state index contributed by atoms with van der Waals surface area (Å²) in [7, 11) is 0. The number of nitrogens with zero attached hydrogens (tertiary/aromatic N) is 1. The van der Waals surface area contributed by atoms with E-state index in [4.69, 9.17) is 21.1 Å². The van der Waals surface area contributed by atoms with Gasteiger partial charge in [-0.05, 0) is 79.9 Å². The number of aliphatic carboxylic acids is 1. The number of rotatable bonds is 7. The molecule has 1 N–H and O–H groups in total. The highest BCUT2D eigenvalue weighted by Gasteiger charge is 2.22.